The molecule has 3 heteroatoms. The van der Waals surface area contributed by atoms with Crippen molar-refractivity contribution >= 4 is 5.69 Å². The van der Waals surface area contributed by atoms with E-state index in [4.69, 9.17) is 9.47 Å². The van der Waals surface area contributed by atoms with Gasteiger partial charge >= 0.3 is 0 Å². The van der Waals surface area contributed by atoms with Crippen LogP contribution >= 0.6 is 0 Å². The van der Waals surface area contributed by atoms with E-state index in [0.717, 1.165) is 5.69 Å². The maximum absolute atomic E-state index is 5.93. The van der Waals surface area contributed by atoms with Crippen molar-refractivity contribution in [1.82, 2.24) is 0 Å². The highest BCUT2D eigenvalue weighted by Crippen LogP contribution is 2.26. The van der Waals surface area contributed by atoms with Crippen LogP contribution in [-0.4, -0.2) is 25.9 Å². The summed E-state index contributed by atoms with van der Waals surface area (Å²) in [4.78, 5) is 0. The maximum atomic E-state index is 5.93. The van der Waals surface area contributed by atoms with E-state index in [2.05, 4.69) is 67.7 Å². The molecule has 22 heavy (non-hydrogen) atoms. The zero-order valence-electron chi connectivity index (χ0n) is 13.2. The molecule has 0 aromatic heterocycles. The fraction of sp³-hybridized carbons (Fsp3) is 0.368. The van der Waals surface area contributed by atoms with Gasteiger partial charge in [0, 0.05) is 5.69 Å². The maximum Gasteiger partial charge on any atom is 0.105 e. The Morgan fingerprint density at radius 3 is 2.14 bits per heavy atom. The van der Waals surface area contributed by atoms with E-state index in [0.29, 0.717) is 19.8 Å². The summed E-state index contributed by atoms with van der Waals surface area (Å²) in [6.45, 7) is 6.16. The van der Waals surface area contributed by atoms with Gasteiger partial charge in [-0.2, -0.15) is 0 Å². The minimum Gasteiger partial charge on any atom is -0.376 e. The molecular formula is C19H23NO2. The fourth-order valence-corrected chi connectivity index (χ4v) is 2.69. The number of aryl methyl sites for hydroxylation is 2. The van der Waals surface area contributed by atoms with Gasteiger partial charge in [-0.05, 0) is 31.5 Å². The molecule has 2 atom stereocenters. The van der Waals surface area contributed by atoms with Crippen molar-refractivity contribution in [3.63, 3.8) is 0 Å². The van der Waals surface area contributed by atoms with E-state index < -0.39 is 0 Å². The van der Waals surface area contributed by atoms with Gasteiger partial charge in [0.2, 0.25) is 0 Å². The van der Waals surface area contributed by atoms with Crippen molar-refractivity contribution in [1.29, 1.82) is 0 Å². The average Bonchev–Trinajstić information content (AvgIpc) is 2.56. The van der Waals surface area contributed by atoms with E-state index in [1.807, 2.05) is 0 Å². The second-order valence-electron chi connectivity index (χ2n) is 5.88. The molecule has 2 aromatic carbocycles. The van der Waals surface area contributed by atoms with Crippen LogP contribution in [-0.2, 0) is 9.47 Å². The summed E-state index contributed by atoms with van der Waals surface area (Å²) in [5, 5.41) is 3.61. The quantitative estimate of drug-likeness (QED) is 0.929. The predicted molar refractivity (Wildman–Crippen MR) is 89.3 cm³/mol. The van der Waals surface area contributed by atoms with E-state index in [1.54, 1.807) is 0 Å². The molecule has 2 aromatic rings. The lowest BCUT2D eigenvalue weighted by molar-refractivity contribution is -0.0950. The van der Waals surface area contributed by atoms with Gasteiger partial charge < -0.3 is 14.8 Å². The van der Waals surface area contributed by atoms with Gasteiger partial charge in [-0.1, -0.05) is 47.5 Å². The van der Waals surface area contributed by atoms with Crippen LogP contribution in [0.25, 0.3) is 0 Å². The molecule has 1 heterocycles. The first kappa shape index (κ1) is 15.1. The molecule has 0 radical (unpaired) electrons. The second-order valence-corrected chi connectivity index (χ2v) is 5.88. The molecular weight excluding hydrogens is 274 g/mol. The van der Waals surface area contributed by atoms with E-state index in [-0.39, 0.29) is 12.1 Å². The standard InChI is InChI=1S/C19H23NO2/c1-14-3-7-16(8-4-14)19(18-13-21-11-12-22-18)20-17-9-5-15(2)6-10-17/h3-10,18-20H,11-13H2,1-2H3. The van der Waals surface area contributed by atoms with Gasteiger partial charge in [0.1, 0.15) is 6.10 Å². The summed E-state index contributed by atoms with van der Waals surface area (Å²) in [6.07, 6.45) is 0.0257. The lowest BCUT2D eigenvalue weighted by Gasteiger charge is -2.32. The number of hydrogen-bond donors (Lipinski definition) is 1. The van der Waals surface area contributed by atoms with Crippen LogP contribution in [0.1, 0.15) is 22.7 Å². The molecule has 3 nitrogen and oxygen atoms in total. The van der Waals surface area contributed by atoms with E-state index in [1.165, 1.54) is 16.7 Å². The van der Waals surface area contributed by atoms with Crippen LogP contribution in [0.3, 0.4) is 0 Å². The third-order valence-electron chi connectivity index (χ3n) is 4.02. The highest BCUT2D eigenvalue weighted by molar-refractivity contribution is 5.47. The van der Waals surface area contributed by atoms with Gasteiger partial charge in [-0.15, -0.1) is 0 Å². The lowest BCUT2D eigenvalue weighted by atomic mass is 9.99. The Bertz CT molecular complexity index is 586. The molecule has 0 amide bonds. The van der Waals surface area contributed by atoms with Crippen molar-refractivity contribution < 1.29 is 9.47 Å². The molecule has 0 aliphatic carbocycles. The van der Waals surface area contributed by atoms with Crippen LogP contribution in [0.2, 0.25) is 0 Å². The largest absolute Gasteiger partial charge is 0.376 e. The number of benzene rings is 2. The Morgan fingerprint density at radius 2 is 1.55 bits per heavy atom. The third-order valence-corrected chi connectivity index (χ3v) is 4.02. The van der Waals surface area contributed by atoms with Crippen molar-refractivity contribution in [3.8, 4) is 0 Å². The van der Waals surface area contributed by atoms with Crippen LogP contribution in [0.15, 0.2) is 48.5 Å². The number of ether oxygens (including phenoxy) is 2. The first-order valence-corrected chi connectivity index (χ1v) is 7.81. The molecule has 1 aliphatic rings. The topological polar surface area (TPSA) is 30.5 Å². The number of hydrogen-bond acceptors (Lipinski definition) is 3. The number of nitrogens with one attached hydrogen (secondary N) is 1. The summed E-state index contributed by atoms with van der Waals surface area (Å²) in [7, 11) is 0. The fourth-order valence-electron chi connectivity index (χ4n) is 2.69. The Kier molecular flexibility index (Phi) is 4.76. The Labute approximate surface area is 132 Å². The minimum absolute atomic E-state index is 0.0257. The molecule has 116 valence electrons. The van der Waals surface area contributed by atoms with Crippen LogP contribution in [0.5, 0.6) is 0 Å². The molecule has 1 saturated heterocycles. The normalized spacial score (nSPS) is 19.6. The van der Waals surface area contributed by atoms with Crippen molar-refractivity contribution in [3.05, 3.63) is 65.2 Å². The summed E-state index contributed by atoms with van der Waals surface area (Å²) in [5.41, 5.74) is 4.85. The molecule has 1 aliphatic heterocycles. The molecule has 1 fully saturated rings. The highest BCUT2D eigenvalue weighted by Gasteiger charge is 2.26. The van der Waals surface area contributed by atoms with Gasteiger partial charge in [-0.25, -0.2) is 0 Å². The Morgan fingerprint density at radius 1 is 0.909 bits per heavy atom. The van der Waals surface area contributed by atoms with Crippen molar-refractivity contribution in [2.24, 2.45) is 0 Å². The van der Waals surface area contributed by atoms with Gasteiger partial charge in [-0.3, -0.25) is 0 Å². The molecule has 3 rings (SSSR count). The predicted octanol–water partition coefficient (Wildman–Crippen LogP) is 3.87. The SMILES string of the molecule is Cc1ccc(NC(c2ccc(C)cc2)C2COCCO2)cc1. The molecule has 1 N–H and O–H groups in total. The second kappa shape index (κ2) is 6.95. The molecule has 2 unspecified atom stereocenters. The lowest BCUT2D eigenvalue weighted by Crippen LogP contribution is -2.37. The van der Waals surface area contributed by atoms with Gasteiger partial charge in [0.15, 0.2) is 0 Å². The van der Waals surface area contributed by atoms with Crippen LogP contribution < -0.4 is 5.32 Å². The van der Waals surface area contributed by atoms with E-state index in [9.17, 15) is 0 Å². The zero-order chi connectivity index (χ0) is 15.4. The van der Waals surface area contributed by atoms with Gasteiger partial charge in [0.05, 0.1) is 25.9 Å². The monoisotopic (exact) mass is 297 g/mol. The first-order valence-electron chi connectivity index (χ1n) is 7.81. The van der Waals surface area contributed by atoms with Crippen LogP contribution in [0, 0.1) is 13.8 Å². The van der Waals surface area contributed by atoms with E-state index >= 15 is 0 Å². The summed E-state index contributed by atoms with van der Waals surface area (Å²) >= 11 is 0. The molecule has 0 saturated carbocycles. The number of rotatable bonds is 4. The molecule has 0 spiro atoms. The smallest absolute Gasteiger partial charge is 0.105 e. The Hall–Kier alpha value is -1.84. The summed E-state index contributed by atoms with van der Waals surface area (Å²) in [5.74, 6) is 0. The third kappa shape index (κ3) is 3.67. The van der Waals surface area contributed by atoms with Crippen molar-refractivity contribution in [2.45, 2.75) is 26.0 Å². The van der Waals surface area contributed by atoms with Crippen molar-refractivity contribution in [2.75, 3.05) is 25.1 Å². The summed E-state index contributed by atoms with van der Waals surface area (Å²) in [6, 6.07) is 17.2. The van der Waals surface area contributed by atoms with Gasteiger partial charge in [0.25, 0.3) is 0 Å². The zero-order valence-corrected chi connectivity index (χ0v) is 13.2. The highest BCUT2D eigenvalue weighted by atomic mass is 16.6. The average molecular weight is 297 g/mol. The first-order chi connectivity index (χ1) is 10.7. The molecule has 0 bridgehead atoms. The number of anilines is 1. The van der Waals surface area contributed by atoms with Crippen LogP contribution in [0.4, 0.5) is 5.69 Å². The Balaban J connectivity index is 1.84. The summed E-state index contributed by atoms with van der Waals surface area (Å²) < 4.78 is 11.5. The minimum atomic E-state index is 0.0257.